The molecule has 1 aliphatic heterocycles. The zero-order valence-corrected chi connectivity index (χ0v) is 19.7. The molecule has 5 heteroatoms. The lowest BCUT2D eigenvalue weighted by molar-refractivity contribution is -0.140. The SMILES string of the molecule is CC[C@]1(C(=O)c2ccc(Cl)cc2)[C@H]2c3c(ccc4ccccc34)OC(=O)[C@@]21C(=O)c1ccccc1. The molecule has 4 nitrogen and oxygen atoms in total. The molecule has 0 amide bonds. The largest absolute Gasteiger partial charge is 0.425 e. The molecule has 0 radical (unpaired) electrons. The van der Waals surface area contributed by atoms with Crippen molar-refractivity contribution in [1.29, 1.82) is 0 Å². The fraction of sp³-hybridized carbons (Fsp3) is 0.167. The Kier molecular flexibility index (Phi) is 4.74. The standard InChI is InChI=1S/C30H21ClO4/c1-2-29(26(32)20-12-15-21(31)16-13-20)25-24-22-11-7-6-8-18(22)14-17-23(24)35-28(34)30(25,29)27(33)19-9-4-3-5-10-19/h3-17,25H,2H2,1H3/t25-,29-,30+/m1/s1. The first-order chi connectivity index (χ1) is 17.0. The average Bonchev–Trinajstić information content (AvgIpc) is 3.54. The molecule has 4 aromatic carbocycles. The number of halogens is 1. The summed E-state index contributed by atoms with van der Waals surface area (Å²) in [7, 11) is 0. The topological polar surface area (TPSA) is 60.4 Å². The quantitative estimate of drug-likeness (QED) is 0.139. The molecule has 1 fully saturated rings. The van der Waals surface area contributed by atoms with Crippen LogP contribution < -0.4 is 4.74 Å². The van der Waals surface area contributed by atoms with Crippen LogP contribution in [0.1, 0.15) is 45.5 Å². The maximum atomic E-state index is 14.3. The molecular formula is C30H21ClO4. The highest BCUT2D eigenvalue weighted by Crippen LogP contribution is 2.81. The first-order valence-corrected chi connectivity index (χ1v) is 12.0. The van der Waals surface area contributed by atoms with Gasteiger partial charge in [0.05, 0.1) is 5.41 Å². The molecule has 3 atom stereocenters. The average molecular weight is 481 g/mol. The maximum absolute atomic E-state index is 14.3. The van der Waals surface area contributed by atoms with Crippen LogP contribution in [-0.2, 0) is 4.79 Å². The Balaban J connectivity index is 1.65. The minimum atomic E-state index is -1.64. The lowest BCUT2D eigenvalue weighted by atomic mass is 9.79. The molecule has 4 aromatic rings. The van der Waals surface area contributed by atoms with Crippen LogP contribution in [-0.4, -0.2) is 17.5 Å². The predicted molar refractivity (Wildman–Crippen MR) is 134 cm³/mol. The predicted octanol–water partition coefficient (Wildman–Crippen LogP) is 6.66. The number of fused-ring (bicyclic) bond motifs is 5. The Bertz CT molecular complexity index is 1530. The second-order valence-electron chi connectivity index (χ2n) is 9.19. The second kappa shape index (κ2) is 7.62. The minimum Gasteiger partial charge on any atom is -0.425 e. The molecule has 1 heterocycles. The van der Waals surface area contributed by atoms with Crippen molar-refractivity contribution < 1.29 is 19.1 Å². The number of rotatable bonds is 5. The molecule has 35 heavy (non-hydrogen) atoms. The third-order valence-electron chi connectivity index (χ3n) is 7.75. The van der Waals surface area contributed by atoms with Gasteiger partial charge in [0.2, 0.25) is 0 Å². The second-order valence-corrected chi connectivity index (χ2v) is 9.62. The van der Waals surface area contributed by atoms with Crippen molar-refractivity contribution in [3.05, 3.63) is 113 Å². The lowest BCUT2D eigenvalue weighted by Gasteiger charge is -2.24. The molecule has 1 aliphatic carbocycles. The number of carbonyl (C=O) groups is 3. The van der Waals surface area contributed by atoms with Gasteiger partial charge in [0.15, 0.2) is 17.0 Å². The van der Waals surface area contributed by atoms with E-state index >= 15 is 0 Å². The van der Waals surface area contributed by atoms with Crippen LogP contribution in [0, 0.1) is 10.8 Å². The molecule has 0 aromatic heterocycles. The van der Waals surface area contributed by atoms with Gasteiger partial charge in [-0.05, 0) is 47.5 Å². The maximum Gasteiger partial charge on any atom is 0.327 e. The van der Waals surface area contributed by atoms with Crippen LogP contribution >= 0.6 is 11.6 Å². The van der Waals surface area contributed by atoms with Gasteiger partial charge < -0.3 is 4.74 Å². The fourth-order valence-corrected chi connectivity index (χ4v) is 6.32. The van der Waals surface area contributed by atoms with Crippen molar-refractivity contribution in [2.45, 2.75) is 19.3 Å². The molecule has 6 rings (SSSR count). The Morgan fingerprint density at radius 1 is 0.829 bits per heavy atom. The summed E-state index contributed by atoms with van der Waals surface area (Å²) in [5.74, 6) is -1.52. The van der Waals surface area contributed by atoms with Crippen molar-refractivity contribution in [2.75, 3.05) is 0 Å². The number of carbonyl (C=O) groups excluding carboxylic acids is 3. The normalized spacial score (nSPS) is 24.3. The molecule has 172 valence electrons. The number of esters is 1. The summed E-state index contributed by atoms with van der Waals surface area (Å²) in [4.78, 5) is 42.3. The monoisotopic (exact) mass is 480 g/mol. The van der Waals surface area contributed by atoms with E-state index in [0.29, 0.717) is 28.3 Å². The van der Waals surface area contributed by atoms with E-state index in [2.05, 4.69) is 0 Å². The molecule has 2 aliphatic rings. The first-order valence-electron chi connectivity index (χ1n) is 11.6. The summed E-state index contributed by atoms with van der Waals surface area (Å²) in [6.45, 7) is 1.87. The molecule has 0 unspecified atom stereocenters. The number of hydrogen-bond acceptors (Lipinski definition) is 4. The highest BCUT2D eigenvalue weighted by atomic mass is 35.5. The van der Waals surface area contributed by atoms with Crippen LogP contribution in [0.4, 0.5) is 0 Å². The molecule has 1 saturated carbocycles. The van der Waals surface area contributed by atoms with Crippen molar-refractivity contribution >= 4 is 39.9 Å². The van der Waals surface area contributed by atoms with Gasteiger partial charge in [-0.2, -0.15) is 0 Å². The van der Waals surface area contributed by atoms with Gasteiger partial charge in [-0.25, -0.2) is 0 Å². The lowest BCUT2D eigenvalue weighted by Crippen LogP contribution is -2.39. The zero-order chi connectivity index (χ0) is 24.4. The summed E-state index contributed by atoms with van der Waals surface area (Å²) in [6, 6.07) is 26.7. The minimum absolute atomic E-state index is 0.247. The van der Waals surface area contributed by atoms with Gasteiger partial charge in [-0.1, -0.05) is 79.2 Å². The number of benzene rings is 4. The van der Waals surface area contributed by atoms with Gasteiger partial charge >= 0.3 is 5.97 Å². The summed E-state index contributed by atoms with van der Waals surface area (Å²) in [5, 5.41) is 2.35. The van der Waals surface area contributed by atoms with Crippen LogP contribution in [0.5, 0.6) is 5.75 Å². The fourth-order valence-electron chi connectivity index (χ4n) is 6.20. The smallest absolute Gasteiger partial charge is 0.327 e. The number of Topliss-reactive ketones (excluding diaryl/α,β-unsaturated/α-hetero) is 2. The Labute approximate surface area is 207 Å². The van der Waals surface area contributed by atoms with Crippen molar-refractivity contribution in [3.8, 4) is 5.75 Å². The van der Waals surface area contributed by atoms with Crippen molar-refractivity contribution in [3.63, 3.8) is 0 Å². The van der Waals surface area contributed by atoms with Gasteiger partial charge in [-0.15, -0.1) is 0 Å². The van der Waals surface area contributed by atoms with Crippen molar-refractivity contribution in [1.82, 2.24) is 0 Å². The van der Waals surface area contributed by atoms with Gasteiger partial charge in [0, 0.05) is 27.6 Å². The van der Waals surface area contributed by atoms with E-state index in [1.54, 1.807) is 54.6 Å². The zero-order valence-electron chi connectivity index (χ0n) is 19.0. The van der Waals surface area contributed by atoms with E-state index < -0.39 is 22.7 Å². The highest BCUT2D eigenvalue weighted by molar-refractivity contribution is 6.31. The molecule has 0 spiro atoms. The van der Waals surface area contributed by atoms with Crippen LogP contribution in [0.15, 0.2) is 91.0 Å². The molecule has 0 N–H and O–H groups in total. The van der Waals surface area contributed by atoms with E-state index in [1.165, 1.54) is 0 Å². The van der Waals surface area contributed by atoms with E-state index in [4.69, 9.17) is 16.3 Å². The number of ketones is 2. The number of ether oxygens (including phenoxy) is 1. The van der Waals surface area contributed by atoms with E-state index in [1.807, 2.05) is 43.3 Å². The molecule has 0 saturated heterocycles. The van der Waals surface area contributed by atoms with E-state index in [9.17, 15) is 14.4 Å². The van der Waals surface area contributed by atoms with Gasteiger partial charge in [0.1, 0.15) is 5.75 Å². The summed E-state index contributed by atoms with van der Waals surface area (Å²) in [5.41, 5.74) is -1.37. The van der Waals surface area contributed by atoms with Gasteiger partial charge in [0.25, 0.3) is 0 Å². The van der Waals surface area contributed by atoms with Crippen LogP contribution in [0.2, 0.25) is 5.02 Å². The van der Waals surface area contributed by atoms with E-state index in [0.717, 1.165) is 16.3 Å². The summed E-state index contributed by atoms with van der Waals surface area (Å²) >= 11 is 6.08. The molecule has 0 bridgehead atoms. The van der Waals surface area contributed by atoms with Crippen molar-refractivity contribution in [2.24, 2.45) is 10.8 Å². The van der Waals surface area contributed by atoms with Crippen LogP contribution in [0.25, 0.3) is 10.8 Å². The Hall–Kier alpha value is -3.76. The third-order valence-corrected chi connectivity index (χ3v) is 8.01. The Morgan fingerprint density at radius 2 is 1.49 bits per heavy atom. The van der Waals surface area contributed by atoms with Gasteiger partial charge in [-0.3, -0.25) is 14.4 Å². The van der Waals surface area contributed by atoms with E-state index in [-0.39, 0.29) is 11.6 Å². The Morgan fingerprint density at radius 3 is 2.20 bits per heavy atom. The third kappa shape index (κ3) is 2.72. The summed E-state index contributed by atoms with van der Waals surface area (Å²) < 4.78 is 5.87. The van der Waals surface area contributed by atoms with Crippen LogP contribution in [0.3, 0.4) is 0 Å². The number of hydrogen-bond donors (Lipinski definition) is 0. The first kappa shape index (κ1) is 21.8. The molecular weight excluding hydrogens is 460 g/mol. The summed E-state index contributed by atoms with van der Waals surface area (Å²) in [6.07, 6.45) is 0.301. The highest BCUT2D eigenvalue weighted by Gasteiger charge is 2.89.